The number of carbonyl (C=O) groups is 1. The van der Waals surface area contributed by atoms with Crippen molar-refractivity contribution in [2.24, 2.45) is 0 Å². The first kappa shape index (κ1) is 19.0. The molecule has 1 aliphatic rings. The summed E-state index contributed by atoms with van der Waals surface area (Å²) in [6.07, 6.45) is 1.77. The molecule has 5 rings (SSSR count). The second-order valence-corrected chi connectivity index (χ2v) is 7.52. The van der Waals surface area contributed by atoms with Crippen LogP contribution >= 0.6 is 12.2 Å². The molecule has 4 aromatic rings. The van der Waals surface area contributed by atoms with Gasteiger partial charge in [0.1, 0.15) is 5.70 Å². The molecule has 2 heterocycles. The third-order valence-corrected chi connectivity index (χ3v) is 5.22. The van der Waals surface area contributed by atoms with Crippen molar-refractivity contribution >= 4 is 29.3 Å². The standard InChI is InChI=1S/C25H18N4OS/c30-24-22(26-25(31)27-24)15-17-11-13-20(14-12-17)29-23(19-9-5-2-6-10-19)16-21(28-29)18-7-3-1-4-8-18/h1-16H,(H2,26,27,30,31). The lowest BCUT2D eigenvalue weighted by atomic mass is 10.1. The first-order chi connectivity index (χ1) is 15.2. The first-order valence-electron chi connectivity index (χ1n) is 9.83. The van der Waals surface area contributed by atoms with Gasteiger partial charge >= 0.3 is 0 Å². The quantitative estimate of drug-likeness (QED) is 0.374. The van der Waals surface area contributed by atoms with Gasteiger partial charge in [-0.3, -0.25) is 10.1 Å². The Bertz CT molecular complexity index is 1290. The van der Waals surface area contributed by atoms with E-state index in [-0.39, 0.29) is 5.91 Å². The van der Waals surface area contributed by atoms with Crippen molar-refractivity contribution < 1.29 is 4.79 Å². The zero-order chi connectivity index (χ0) is 21.2. The van der Waals surface area contributed by atoms with Crippen LogP contribution in [-0.2, 0) is 4.79 Å². The molecule has 0 unspecified atom stereocenters. The lowest BCUT2D eigenvalue weighted by Crippen LogP contribution is -2.21. The minimum atomic E-state index is -0.222. The van der Waals surface area contributed by atoms with E-state index in [0.717, 1.165) is 33.8 Å². The van der Waals surface area contributed by atoms with Crippen LogP contribution in [0, 0.1) is 0 Å². The molecule has 1 saturated heterocycles. The molecular weight excluding hydrogens is 404 g/mol. The van der Waals surface area contributed by atoms with E-state index >= 15 is 0 Å². The summed E-state index contributed by atoms with van der Waals surface area (Å²) in [7, 11) is 0. The summed E-state index contributed by atoms with van der Waals surface area (Å²) in [6.45, 7) is 0. The van der Waals surface area contributed by atoms with Gasteiger partial charge in [0.05, 0.1) is 17.1 Å². The number of carbonyl (C=O) groups excluding carboxylic acids is 1. The van der Waals surface area contributed by atoms with Gasteiger partial charge in [0, 0.05) is 11.1 Å². The maximum Gasteiger partial charge on any atom is 0.273 e. The highest BCUT2D eigenvalue weighted by molar-refractivity contribution is 7.80. The van der Waals surface area contributed by atoms with E-state index in [2.05, 4.69) is 41.0 Å². The van der Waals surface area contributed by atoms with Gasteiger partial charge in [-0.25, -0.2) is 4.68 Å². The van der Waals surface area contributed by atoms with E-state index in [1.54, 1.807) is 6.08 Å². The molecule has 2 N–H and O–H groups in total. The summed E-state index contributed by atoms with van der Waals surface area (Å²) in [5, 5.41) is 10.6. The molecule has 0 radical (unpaired) electrons. The molecule has 0 bridgehead atoms. The summed E-state index contributed by atoms with van der Waals surface area (Å²) >= 11 is 4.98. The van der Waals surface area contributed by atoms with Crippen LogP contribution < -0.4 is 10.6 Å². The highest BCUT2D eigenvalue weighted by Crippen LogP contribution is 2.28. The average Bonchev–Trinajstić information content (AvgIpc) is 3.39. The number of aromatic nitrogens is 2. The lowest BCUT2D eigenvalue weighted by Gasteiger charge is -2.08. The smallest absolute Gasteiger partial charge is 0.273 e. The van der Waals surface area contributed by atoms with Crippen LogP contribution in [0.3, 0.4) is 0 Å². The number of rotatable bonds is 4. The molecule has 150 valence electrons. The molecule has 1 aliphatic heterocycles. The fourth-order valence-corrected chi connectivity index (χ4v) is 3.71. The van der Waals surface area contributed by atoms with Crippen LogP contribution in [0.15, 0.2) is 96.7 Å². The molecule has 1 amide bonds. The highest BCUT2D eigenvalue weighted by atomic mass is 32.1. The number of nitrogens with zero attached hydrogens (tertiary/aromatic N) is 2. The van der Waals surface area contributed by atoms with Crippen molar-refractivity contribution in [3.63, 3.8) is 0 Å². The molecule has 31 heavy (non-hydrogen) atoms. The summed E-state index contributed by atoms with van der Waals surface area (Å²) in [5.74, 6) is -0.222. The van der Waals surface area contributed by atoms with Crippen molar-refractivity contribution in [1.29, 1.82) is 0 Å². The van der Waals surface area contributed by atoms with E-state index in [0.29, 0.717) is 10.8 Å². The number of thiocarbonyl (C=S) groups is 1. The SMILES string of the molecule is O=C1NC(=S)NC1=Cc1ccc(-n2nc(-c3ccccc3)cc2-c2ccccc2)cc1. The van der Waals surface area contributed by atoms with E-state index in [1.807, 2.05) is 65.3 Å². The number of benzene rings is 3. The van der Waals surface area contributed by atoms with Gasteiger partial charge in [0.15, 0.2) is 5.11 Å². The van der Waals surface area contributed by atoms with Crippen LogP contribution in [-0.4, -0.2) is 20.8 Å². The molecule has 3 aromatic carbocycles. The van der Waals surface area contributed by atoms with Crippen molar-refractivity contribution in [3.05, 3.63) is 102 Å². The van der Waals surface area contributed by atoms with E-state index in [9.17, 15) is 4.79 Å². The third kappa shape index (κ3) is 3.89. The molecule has 0 spiro atoms. The van der Waals surface area contributed by atoms with Gasteiger partial charge in [0.2, 0.25) is 0 Å². The number of nitrogens with one attached hydrogen (secondary N) is 2. The largest absolute Gasteiger partial charge is 0.328 e. The highest BCUT2D eigenvalue weighted by Gasteiger charge is 2.20. The van der Waals surface area contributed by atoms with Gasteiger partial charge in [-0.15, -0.1) is 0 Å². The van der Waals surface area contributed by atoms with Crippen LogP contribution in [0.4, 0.5) is 0 Å². The fourth-order valence-electron chi connectivity index (χ4n) is 3.50. The summed E-state index contributed by atoms with van der Waals surface area (Å²) in [4.78, 5) is 11.9. The van der Waals surface area contributed by atoms with Gasteiger partial charge in [0.25, 0.3) is 5.91 Å². The predicted octanol–water partition coefficient (Wildman–Crippen LogP) is 4.55. The van der Waals surface area contributed by atoms with Crippen molar-refractivity contribution in [3.8, 4) is 28.2 Å². The molecule has 0 atom stereocenters. The van der Waals surface area contributed by atoms with Crippen LogP contribution in [0.5, 0.6) is 0 Å². The van der Waals surface area contributed by atoms with Gasteiger partial charge in [-0.05, 0) is 42.1 Å². The summed E-state index contributed by atoms with van der Waals surface area (Å²) < 4.78 is 1.95. The van der Waals surface area contributed by atoms with Crippen LogP contribution in [0.25, 0.3) is 34.3 Å². The number of hydrogen-bond donors (Lipinski definition) is 2. The second kappa shape index (κ2) is 8.01. The predicted molar refractivity (Wildman–Crippen MR) is 126 cm³/mol. The van der Waals surface area contributed by atoms with Crippen molar-refractivity contribution in [2.75, 3.05) is 0 Å². The summed E-state index contributed by atoms with van der Waals surface area (Å²) in [6, 6.07) is 30.3. The van der Waals surface area contributed by atoms with Gasteiger partial charge in [-0.1, -0.05) is 72.8 Å². The Labute approximate surface area is 185 Å². The Kier molecular flexibility index (Phi) is 4.90. The first-order valence-corrected chi connectivity index (χ1v) is 10.2. The molecule has 1 fully saturated rings. The topological polar surface area (TPSA) is 59.0 Å². The van der Waals surface area contributed by atoms with E-state index < -0.39 is 0 Å². The van der Waals surface area contributed by atoms with E-state index in [4.69, 9.17) is 17.3 Å². The minimum Gasteiger partial charge on any atom is -0.328 e. The molecule has 5 nitrogen and oxygen atoms in total. The third-order valence-electron chi connectivity index (χ3n) is 5.02. The van der Waals surface area contributed by atoms with Crippen molar-refractivity contribution in [1.82, 2.24) is 20.4 Å². The number of amides is 1. The van der Waals surface area contributed by atoms with E-state index in [1.165, 1.54) is 0 Å². The zero-order valence-corrected chi connectivity index (χ0v) is 17.3. The second-order valence-electron chi connectivity index (χ2n) is 7.12. The zero-order valence-electron chi connectivity index (χ0n) is 16.4. The maximum absolute atomic E-state index is 11.9. The molecule has 0 aliphatic carbocycles. The lowest BCUT2D eigenvalue weighted by molar-refractivity contribution is -0.115. The van der Waals surface area contributed by atoms with Gasteiger partial charge < -0.3 is 5.32 Å². The van der Waals surface area contributed by atoms with Crippen LogP contribution in [0.2, 0.25) is 0 Å². The fraction of sp³-hybridized carbons (Fsp3) is 0. The Morgan fingerprint density at radius 3 is 2.06 bits per heavy atom. The minimum absolute atomic E-state index is 0.222. The van der Waals surface area contributed by atoms with Gasteiger partial charge in [-0.2, -0.15) is 5.10 Å². The number of hydrogen-bond acceptors (Lipinski definition) is 3. The Morgan fingerprint density at radius 1 is 0.806 bits per heavy atom. The monoisotopic (exact) mass is 422 g/mol. The molecule has 6 heteroatoms. The van der Waals surface area contributed by atoms with Crippen LogP contribution in [0.1, 0.15) is 5.56 Å². The molecule has 1 aromatic heterocycles. The molecule has 0 saturated carbocycles. The normalized spacial score (nSPS) is 14.5. The Balaban J connectivity index is 1.55. The van der Waals surface area contributed by atoms with Crippen molar-refractivity contribution in [2.45, 2.75) is 0 Å². The molecular formula is C25H18N4OS. The Hall–Kier alpha value is -4.03. The Morgan fingerprint density at radius 2 is 1.45 bits per heavy atom. The maximum atomic E-state index is 11.9. The summed E-state index contributed by atoms with van der Waals surface area (Å²) in [5.41, 5.74) is 6.33. The average molecular weight is 423 g/mol.